The molecule has 0 saturated heterocycles. The summed E-state index contributed by atoms with van der Waals surface area (Å²) in [5.74, 6) is 8.23. The van der Waals surface area contributed by atoms with Gasteiger partial charge >= 0.3 is 17.9 Å². The summed E-state index contributed by atoms with van der Waals surface area (Å²) < 4.78 is 17.9. The molecule has 0 aliphatic carbocycles. The third-order valence-corrected chi connectivity index (χ3v) is 27.0. The number of carbonyl (C=O) groups is 3. The highest BCUT2D eigenvalue weighted by atomic mass is 16.5. The molecule has 18 nitrogen and oxygen atoms in total. The van der Waals surface area contributed by atoms with Gasteiger partial charge in [0.2, 0.25) is 0 Å². The van der Waals surface area contributed by atoms with Crippen LogP contribution in [0.4, 0.5) is 0 Å². The van der Waals surface area contributed by atoms with Crippen molar-refractivity contribution in [2.45, 2.75) is 298 Å². The van der Waals surface area contributed by atoms with Gasteiger partial charge in [0.05, 0.1) is 53.2 Å². The molecule has 7 atom stereocenters. The fourth-order valence-corrected chi connectivity index (χ4v) is 18.8. The summed E-state index contributed by atoms with van der Waals surface area (Å²) in [7, 11) is 0. The molecule has 143 heavy (non-hydrogen) atoms. The Morgan fingerprint density at radius 1 is 0.280 bits per heavy atom. The third-order valence-electron chi connectivity index (χ3n) is 27.0. The molecule has 0 aliphatic heterocycles. The van der Waals surface area contributed by atoms with Crippen LogP contribution in [0.25, 0.3) is 102 Å². The minimum atomic E-state index is -0.321. The zero-order chi connectivity index (χ0) is 103. The average Bonchev–Trinajstić information content (AvgIpc) is 0.798. The molecular weight excluding hydrogens is 1770 g/mol. The van der Waals surface area contributed by atoms with Crippen molar-refractivity contribution in [2.24, 2.45) is 64.1 Å². The predicted molar refractivity (Wildman–Crippen MR) is 586 cm³/mol. The lowest BCUT2D eigenvalue weighted by Crippen LogP contribution is -2.25. The van der Waals surface area contributed by atoms with Gasteiger partial charge in [-0.2, -0.15) is 0 Å². The molecule has 3 aromatic heterocycles. The van der Waals surface area contributed by atoms with E-state index < -0.39 is 0 Å². The molecule has 18 heteroatoms. The van der Waals surface area contributed by atoms with E-state index in [0.29, 0.717) is 158 Å². The number of nitrogens with zero attached hydrogens (tertiary/aromatic N) is 9. The maximum absolute atomic E-state index is 13.3. The first-order chi connectivity index (χ1) is 68.5. The standard InChI is InChI=1S/C43H57N3O3.2C41H53N3O3/c1-29(2)13-11-15-31(5)19-21-37(33(7)16-12-14-30(3)4)28-49-43(48)36-24-22-35(23-25-36)41-44-40(34-17-9-8-10-18-34)45-42(46-41)38-26-20-32(6)27-39(38)47;1-27-16-22-34(35(45)23-27)38-43-36(30-13-11-10-12-14-30)42-37(44-38)31-18-20-32(21-19-31)39(46)47-26-33(29(3)25-41(7,8)9)17-15-28(2)24-40(4,5)6;1-4-6-8-10-11-13-16-20-32(19-15-12-9-7-5-2)30-47-41(46)35-26-24-34(25-27-35)39-42-38(33-21-17-14-18-22-33)43-40(44-39)36-28-23-31(3)29-37(36)45/h8-10,17-18,20,22-27,29-31,33,37,47H,11-16,19,21,28H2,1-7H3;10-14,16,18-23,28-29,33,45H,15,17,24-26H2,1-9H3;14,17-18,21-29,32,45H,4-13,15-16,19-20,30H2,1-3H3. The number of benzene rings is 9. The molecule has 762 valence electrons. The molecule has 0 spiro atoms. The van der Waals surface area contributed by atoms with E-state index in [4.69, 9.17) is 59.1 Å². The first kappa shape index (κ1) is 113. The molecule has 12 rings (SSSR count). The van der Waals surface area contributed by atoms with Crippen molar-refractivity contribution in [3.05, 3.63) is 252 Å². The summed E-state index contributed by atoms with van der Waals surface area (Å²) in [5.41, 5.74) is 11.2. The van der Waals surface area contributed by atoms with Gasteiger partial charge in [-0.1, -0.05) is 385 Å². The zero-order valence-corrected chi connectivity index (χ0v) is 89.3. The van der Waals surface area contributed by atoms with E-state index in [1.807, 2.05) is 185 Å². The number of hydrogen-bond donors (Lipinski definition) is 3. The maximum Gasteiger partial charge on any atom is 0.338 e. The quantitative estimate of drug-likeness (QED) is 0.0182. The van der Waals surface area contributed by atoms with Gasteiger partial charge in [0.15, 0.2) is 52.4 Å². The van der Waals surface area contributed by atoms with E-state index >= 15 is 0 Å². The molecule has 12 aromatic rings. The number of esters is 3. The van der Waals surface area contributed by atoms with Gasteiger partial charge < -0.3 is 29.5 Å². The molecule has 0 bridgehead atoms. The number of carbonyl (C=O) groups excluding carboxylic acids is 3. The predicted octanol–water partition coefficient (Wildman–Crippen LogP) is 33.1. The number of rotatable bonds is 50. The second-order valence-electron chi connectivity index (χ2n) is 43.6. The third kappa shape index (κ3) is 38.1. The molecule has 0 aliphatic rings. The Balaban J connectivity index is 0.000000220. The van der Waals surface area contributed by atoms with Crippen molar-refractivity contribution in [1.82, 2.24) is 44.9 Å². The molecule has 0 radical (unpaired) electrons. The second kappa shape index (κ2) is 57.3. The van der Waals surface area contributed by atoms with E-state index in [0.717, 1.165) is 101 Å². The number of phenols is 3. The van der Waals surface area contributed by atoms with Crippen LogP contribution in [0.1, 0.15) is 325 Å². The molecular formula is C125H163N9O9. The number of phenolic OH excluding ortho intramolecular Hbond substituents is 3. The first-order valence-electron chi connectivity index (χ1n) is 53.2. The summed E-state index contributed by atoms with van der Waals surface area (Å²) in [6.07, 6.45) is 31.7. The summed E-state index contributed by atoms with van der Waals surface area (Å²) in [5, 5.41) is 32.1. The van der Waals surface area contributed by atoms with E-state index in [1.165, 1.54) is 122 Å². The van der Waals surface area contributed by atoms with Crippen LogP contribution in [-0.2, 0) is 14.2 Å². The SMILES string of the molecule is CCCCCCCCCC(CCCCCCC)COC(=O)c1ccc(-c2nc(-c3ccccc3)nc(-c3ccc(C)cc3O)n2)cc1.Cc1ccc(-c2nc(-c3ccccc3)nc(-c3ccc(C(=O)OCC(CCC(C)CC(C)(C)C)C(C)CC(C)(C)C)cc3)n2)c(O)c1.Cc1ccc(-c2nc(-c3ccccc3)nc(-c3ccc(C(=O)OCC(CCC(C)CCCC(C)C)C(C)CCCC(C)C)cc3)n2)c(O)c1. The summed E-state index contributed by atoms with van der Waals surface area (Å²) >= 11 is 0. The van der Waals surface area contributed by atoms with Crippen molar-refractivity contribution < 1.29 is 43.9 Å². The van der Waals surface area contributed by atoms with Crippen molar-refractivity contribution in [3.63, 3.8) is 0 Å². The molecule has 0 amide bonds. The fourth-order valence-electron chi connectivity index (χ4n) is 18.8. The van der Waals surface area contributed by atoms with Crippen LogP contribution in [-0.4, -0.2) is 97.9 Å². The number of aromatic hydroxyl groups is 3. The number of unbranched alkanes of at least 4 members (excludes halogenated alkanes) is 10. The minimum Gasteiger partial charge on any atom is -0.507 e. The molecule has 0 fully saturated rings. The van der Waals surface area contributed by atoms with Crippen LogP contribution >= 0.6 is 0 Å². The molecule has 3 heterocycles. The summed E-state index contributed by atoms with van der Waals surface area (Å²) in [6.45, 7) is 43.8. The normalized spacial score (nSPS) is 13.1. The van der Waals surface area contributed by atoms with Crippen LogP contribution in [0.2, 0.25) is 0 Å². The number of ether oxygens (including phenoxy) is 3. The summed E-state index contributed by atoms with van der Waals surface area (Å²) in [4.78, 5) is 82.4. The smallest absolute Gasteiger partial charge is 0.338 e. The van der Waals surface area contributed by atoms with Crippen LogP contribution in [0, 0.1) is 84.9 Å². The van der Waals surface area contributed by atoms with E-state index in [2.05, 4.69) is 111 Å². The van der Waals surface area contributed by atoms with E-state index in [1.54, 1.807) is 54.6 Å². The van der Waals surface area contributed by atoms with Crippen molar-refractivity contribution in [2.75, 3.05) is 19.8 Å². The molecule has 0 saturated carbocycles. The van der Waals surface area contributed by atoms with Gasteiger partial charge in [0.1, 0.15) is 17.2 Å². The lowest BCUT2D eigenvalue weighted by Gasteiger charge is -2.31. The van der Waals surface area contributed by atoms with Gasteiger partial charge in [-0.3, -0.25) is 0 Å². The van der Waals surface area contributed by atoms with Crippen LogP contribution < -0.4 is 0 Å². The fraction of sp³-hybridized carbons (Fsp3) is 0.472. The Kier molecular flexibility index (Phi) is 45.2. The van der Waals surface area contributed by atoms with Crippen molar-refractivity contribution in [1.29, 1.82) is 0 Å². The molecule has 9 aromatic carbocycles. The largest absolute Gasteiger partial charge is 0.507 e. The maximum atomic E-state index is 13.3. The Labute approximate surface area is 855 Å². The van der Waals surface area contributed by atoms with E-state index in [-0.39, 0.29) is 40.6 Å². The number of hydrogen-bond acceptors (Lipinski definition) is 18. The zero-order valence-electron chi connectivity index (χ0n) is 89.3. The monoisotopic (exact) mass is 1930 g/mol. The minimum absolute atomic E-state index is 0.109. The highest BCUT2D eigenvalue weighted by Crippen LogP contribution is 2.40. The van der Waals surface area contributed by atoms with Crippen LogP contribution in [0.15, 0.2) is 218 Å². The lowest BCUT2D eigenvalue weighted by molar-refractivity contribution is 0.0352. The highest BCUT2D eigenvalue weighted by Gasteiger charge is 2.29. The van der Waals surface area contributed by atoms with Crippen LogP contribution in [0.5, 0.6) is 17.2 Å². The van der Waals surface area contributed by atoms with E-state index in [9.17, 15) is 29.7 Å². The second-order valence-corrected chi connectivity index (χ2v) is 43.6. The highest BCUT2D eigenvalue weighted by molar-refractivity contribution is 5.91. The first-order valence-corrected chi connectivity index (χ1v) is 53.2. The van der Waals surface area contributed by atoms with Gasteiger partial charge in [0, 0.05) is 33.4 Å². The van der Waals surface area contributed by atoms with Gasteiger partial charge in [-0.15, -0.1) is 0 Å². The Morgan fingerprint density at radius 2 is 0.566 bits per heavy atom. The number of aromatic nitrogens is 9. The molecule has 3 N–H and O–H groups in total. The van der Waals surface area contributed by atoms with Crippen LogP contribution in [0.3, 0.4) is 0 Å². The van der Waals surface area contributed by atoms with Gasteiger partial charge in [0.25, 0.3) is 0 Å². The average molecular weight is 1940 g/mol. The summed E-state index contributed by atoms with van der Waals surface area (Å²) in [6, 6.07) is 67.2. The number of aryl methyl sites for hydroxylation is 3. The Bertz CT molecular complexity index is 5860. The van der Waals surface area contributed by atoms with Crippen molar-refractivity contribution >= 4 is 17.9 Å². The Morgan fingerprint density at radius 3 is 0.881 bits per heavy atom. The lowest BCUT2D eigenvalue weighted by atomic mass is 9.76. The topological polar surface area (TPSA) is 256 Å². The van der Waals surface area contributed by atoms with Gasteiger partial charge in [-0.05, 0) is 213 Å². The Hall–Kier alpha value is -12.2. The van der Waals surface area contributed by atoms with Crippen molar-refractivity contribution in [3.8, 4) is 120 Å². The molecule has 7 unspecified atom stereocenters. The van der Waals surface area contributed by atoms with Gasteiger partial charge in [-0.25, -0.2) is 59.2 Å².